The van der Waals surface area contributed by atoms with Crippen LogP contribution in [-0.4, -0.2) is 14.2 Å². The fraction of sp³-hybridized carbons (Fsp3) is 0.538. The molecule has 0 radical (unpaired) electrons. The lowest BCUT2D eigenvalue weighted by molar-refractivity contribution is 0.463. The van der Waals surface area contributed by atoms with Crippen molar-refractivity contribution in [3.8, 4) is 0 Å². The van der Waals surface area contributed by atoms with Crippen LogP contribution in [-0.2, 0) is 16.4 Å². The van der Waals surface area contributed by atoms with Gasteiger partial charge in [-0.05, 0) is 29.5 Å². The van der Waals surface area contributed by atoms with Crippen LogP contribution in [0.4, 0.5) is 11.4 Å². The van der Waals surface area contributed by atoms with Gasteiger partial charge in [0.1, 0.15) is 0 Å². The Hall–Kier alpha value is -1.23. The van der Waals surface area contributed by atoms with Crippen LogP contribution in [0.3, 0.4) is 0 Å². The molecule has 0 saturated heterocycles. The molecule has 0 aliphatic carbocycles. The van der Waals surface area contributed by atoms with Crippen molar-refractivity contribution < 1.29 is 8.42 Å². The minimum Gasteiger partial charge on any atom is -0.398 e. The first-order chi connectivity index (χ1) is 8.13. The van der Waals surface area contributed by atoms with E-state index in [4.69, 9.17) is 5.73 Å². The van der Waals surface area contributed by atoms with Crippen LogP contribution in [0, 0.1) is 5.41 Å². The van der Waals surface area contributed by atoms with Crippen molar-refractivity contribution in [1.29, 1.82) is 0 Å². The molecule has 0 amide bonds. The van der Waals surface area contributed by atoms with E-state index in [1.54, 1.807) is 12.1 Å². The summed E-state index contributed by atoms with van der Waals surface area (Å²) in [6.07, 6.45) is 0.834. The van der Waals surface area contributed by atoms with Crippen molar-refractivity contribution in [3.63, 3.8) is 0 Å². The lowest BCUT2D eigenvalue weighted by Crippen LogP contribution is -2.26. The maximum absolute atomic E-state index is 11.9. The molecule has 0 aliphatic heterocycles. The first kappa shape index (κ1) is 14.8. The van der Waals surface area contributed by atoms with Gasteiger partial charge in [0.25, 0.3) is 0 Å². The summed E-state index contributed by atoms with van der Waals surface area (Å²) in [4.78, 5) is 0. The summed E-state index contributed by atoms with van der Waals surface area (Å²) in [6, 6.07) is 5.26. The summed E-state index contributed by atoms with van der Waals surface area (Å²) >= 11 is 0. The molecular weight excluding hydrogens is 248 g/mol. The summed E-state index contributed by atoms with van der Waals surface area (Å²) in [6.45, 7) is 7.68. The zero-order valence-electron chi connectivity index (χ0n) is 11.4. The molecule has 0 unspecified atom stereocenters. The molecular formula is C13H22N2O2S. The van der Waals surface area contributed by atoms with Gasteiger partial charge >= 0.3 is 0 Å². The zero-order chi connectivity index (χ0) is 14.0. The lowest BCUT2D eigenvalue weighted by atomic mass is 10.0. The summed E-state index contributed by atoms with van der Waals surface area (Å²) in [5.41, 5.74) is 7.73. The smallest absolute Gasteiger partial charge is 0.233 e. The summed E-state index contributed by atoms with van der Waals surface area (Å²) in [5.74, 6) is 0.0788. The van der Waals surface area contributed by atoms with Gasteiger partial charge in [-0.3, -0.25) is 4.72 Å². The Kier molecular flexibility index (Phi) is 4.27. The fourth-order valence-corrected chi connectivity index (χ4v) is 3.46. The van der Waals surface area contributed by atoms with Gasteiger partial charge in [0.05, 0.1) is 11.4 Å². The Morgan fingerprint density at radius 3 is 2.33 bits per heavy atom. The van der Waals surface area contributed by atoms with E-state index in [1.165, 1.54) is 0 Å². The first-order valence-corrected chi connectivity index (χ1v) is 7.67. The SMILES string of the molecule is CCc1ccc(NS(=O)(=O)CC(C)(C)C)cc1N. The minimum atomic E-state index is -3.33. The van der Waals surface area contributed by atoms with Crippen molar-refractivity contribution in [1.82, 2.24) is 0 Å². The van der Waals surface area contributed by atoms with Crippen LogP contribution in [0.5, 0.6) is 0 Å². The number of nitrogens with one attached hydrogen (secondary N) is 1. The molecule has 0 aromatic heterocycles. The number of hydrogen-bond donors (Lipinski definition) is 2. The largest absolute Gasteiger partial charge is 0.398 e. The molecule has 1 aromatic rings. The normalized spacial score (nSPS) is 12.4. The second kappa shape index (κ2) is 5.18. The van der Waals surface area contributed by atoms with E-state index in [1.807, 2.05) is 33.8 Å². The second-order valence-corrected chi connectivity index (χ2v) is 7.41. The quantitative estimate of drug-likeness (QED) is 0.826. The molecule has 1 aromatic carbocycles. The van der Waals surface area contributed by atoms with Crippen LogP contribution >= 0.6 is 0 Å². The highest BCUT2D eigenvalue weighted by molar-refractivity contribution is 7.92. The highest BCUT2D eigenvalue weighted by Gasteiger charge is 2.21. The standard InChI is InChI=1S/C13H22N2O2S/c1-5-10-6-7-11(8-12(10)14)15-18(16,17)9-13(2,3)4/h6-8,15H,5,9,14H2,1-4H3. The lowest BCUT2D eigenvalue weighted by Gasteiger charge is -2.19. The molecule has 0 atom stereocenters. The minimum absolute atomic E-state index is 0.0788. The van der Waals surface area contributed by atoms with Gasteiger partial charge < -0.3 is 5.73 Å². The molecule has 18 heavy (non-hydrogen) atoms. The van der Waals surface area contributed by atoms with Gasteiger partial charge in [-0.1, -0.05) is 33.8 Å². The molecule has 0 heterocycles. The molecule has 5 heteroatoms. The van der Waals surface area contributed by atoms with Crippen LogP contribution in [0.25, 0.3) is 0 Å². The molecule has 4 nitrogen and oxygen atoms in total. The van der Waals surface area contributed by atoms with Crippen molar-refractivity contribution in [2.24, 2.45) is 5.41 Å². The molecule has 0 aliphatic rings. The molecule has 0 fully saturated rings. The van der Waals surface area contributed by atoms with Gasteiger partial charge in [-0.15, -0.1) is 0 Å². The van der Waals surface area contributed by atoms with Crippen molar-refractivity contribution in [2.45, 2.75) is 34.1 Å². The zero-order valence-corrected chi connectivity index (χ0v) is 12.3. The Bertz CT molecular complexity index is 516. The van der Waals surface area contributed by atoms with E-state index in [-0.39, 0.29) is 11.2 Å². The topological polar surface area (TPSA) is 72.2 Å². The van der Waals surface area contributed by atoms with E-state index in [2.05, 4.69) is 4.72 Å². The molecule has 0 bridgehead atoms. The monoisotopic (exact) mass is 270 g/mol. The van der Waals surface area contributed by atoms with Gasteiger partial charge in [0, 0.05) is 5.69 Å². The molecule has 3 N–H and O–H groups in total. The summed E-state index contributed by atoms with van der Waals surface area (Å²) in [5, 5.41) is 0. The average molecular weight is 270 g/mol. The number of hydrogen-bond acceptors (Lipinski definition) is 3. The van der Waals surface area contributed by atoms with E-state index in [0.29, 0.717) is 11.4 Å². The highest BCUT2D eigenvalue weighted by atomic mass is 32.2. The van der Waals surface area contributed by atoms with Gasteiger partial charge in [0.15, 0.2) is 0 Å². The third-order valence-electron chi connectivity index (χ3n) is 2.42. The number of nitrogen functional groups attached to an aromatic ring is 1. The Labute approximate surface area is 110 Å². The predicted molar refractivity (Wildman–Crippen MR) is 77.1 cm³/mol. The average Bonchev–Trinajstić information content (AvgIpc) is 2.12. The maximum atomic E-state index is 11.9. The number of rotatable bonds is 4. The molecule has 1 rings (SSSR count). The van der Waals surface area contributed by atoms with Gasteiger partial charge in [-0.25, -0.2) is 8.42 Å². The Morgan fingerprint density at radius 2 is 1.89 bits per heavy atom. The van der Waals surface area contributed by atoms with E-state index >= 15 is 0 Å². The van der Waals surface area contributed by atoms with E-state index in [9.17, 15) is 8.42 Å². The molecule has 0 spiro atoms. The van der Waals surface area contributed by atoms with Crippen molar-refractivity contribution in [3.05, 3.63) is 23.8 Å². The van der Waals surface area contributed by atoms with Gasteiger partial charge in [-0.2, -0.15) is 0 Å². The second-order valence-electron chi connectivity index (χ2n) is 5.69. The van der Waals surface area contributed by atoms with Crippen molar-refractivity contribution >= 4 is 21.4 Å². The summed E-state index contributed by atoms with van der Waals surface area (Å²) in [7, 11) is -3.33. The number of anilines is 2. The highest BCUT2D eigenvalue weighted by Crippen LogP contribution is 2.22. The number of aryl methyl sites for hydroxylation is 1. The van der Waals surface area contributed by atoms with Crippen LogP contribution < -0.4 is 10.5 Å². The Morgan fingerprint density at radius 1 is 1.28 bits per heavy atom. The summed E-state index contributed by atoms with van der Waals surface area (Å²) < 4.78 is 26.4. The third-order valence-corrected chi connectivity index (χ3v) is 4.22. The van der Waals surface area contributed by atoms with E-state index in [0.717, 1.165) is 12.0 Å². The first-order valence-electron chi connectivity index (χ1n) is 6.02. The number of benzene rings is 1. The fourth-order valence-electron chi connectivity index (χ4n) is 1.77. The van der Waals surface area contributed by atoms with Crippen molar-refractivity contribution in [2.75, 3.05) is 16.2 Å². The number of nitrogens with two attached hydrogens (primary N) is 1. The maximum Gasteiger partial charge on any atom is 0.233 e. The Balaban J connectivity index is 2.88. The third kappa shape index (κ3) is 4.56. The molecule has 0 saturated carbocycles. The van der Waals surface area contributed by atoms with Crippen LogP contribution in [0.15, 0.2) is 18.2 Å². The van der Waals surface area contributed by atoms with Crippen LogP contribution in [0.2, 0.25) is 0 Å². The molecule has 102 valence electrons. The van der Waals surface area contributed by atoms with Crippen LogP contribution in [0.1, 0.15) is 33.3 Å². The van der Waals surface area contributed by atoms with E-state index < -0.39 is 10.0 Å². The number of sulfonamides is 1. The van der Waals surface area contributed by atoms with Gasteiger partial charge in [0.2, 0.25) is 10.0 Å². The predicted octanol–water partition coefficient (Wildman–Crippen LogP) is 2.62.